The van der Waals surface area contributed by atoms with Crippen molar-refractivity contribution in [1.29, 1.82) is 0 Å². The van der Waals surface area contributed by atoms with Gasteiger partial charge in [0, 0.05) is 22.6 Å². The topological polar surface area (TPSA) is 21.3 Å². The van der Waals surface area contributed by atoms with Gasteiger partial charge in [-0.15, -0.1) is 0 Å². The van der Waals surface area contributed by atoms with Crippen LogP contribution in [-0.4, -0.2) is 25.3 Å². The van der Waals surface area contributed by atoms with Gasteiger partial charge in [0.2, 0.25) is 0 Å². The van der Waals surface area contributed by atoms with Crippen molar-refractivity contribution in [3.05, 3.63) is 33.3 Å². The fourth-order valence-electron chi connectivity index (χ4n) is 2.84. The van der Waals surface area contributed by atoms with Crippen LogP contribution in [0.2, 0.25) is 5.02 Å². The Labute approximate surface area is 142 Å². The molecule has 1 aromatic carbocycles. The van der Waals surface area contributed by atoms with Gasteiger partial charge in [-0.05, 0) is 49.9 Å². The third-order valence-corrected chi connectivity index (χ3v) is 5.16. The van der Waals surface area contributed by atoms with Crippen LogP contribution >= 0.6 is 27.5 Å². The van der Waals surface area contributed by atoms with E-state index in [4.69, 9.17) is 16.3 Å². The van der Waals surface area contributed by atoms with E-state index in [-0.39, 0.29) is 11.6 Å². The lowest BCUT2D eigenvalue weighted by atomic mass is 9.84. The maximum absolute atomic E-state index is 6.39. The van der Waals surface area contributed by atoms with Crippen molar-refractivity contribution in [3.63, 3.8) is 0 Å². The first-order chi connectivity index (χ1) is 10.0. The summed E-state index contributed by atoms with van der Waals surface area (Å²) in [5.74, 6) is 0. The largest absolute Gasteiger partial charge is 0.377 e. The Kier molecular flexibility index (Phi) is 8.25. The van der Waals surface area contributed by atoms with Crippen LogP contribution in [0, 0.1) is 0 Å². The van der Waals surface area contributed by atoms with Crippen LogP contribution in [0.25, 0.3) is 0 Å². The predicted molar refractivity (Wildman–Crippen MR) is 95.3 cm³/mol. The lowest BCUT2D eigenvalue weighted by molar-refractivity contribution is -0.0471. The molecule has 0 heterocycles. The Hall–Kier alpha value is -0.0900. The molecule has 0 amide bonds. The van der Waals surface area contributed by atoms with E-state index in [0.29, 0.717) is 0 Å². The molecule has 1 rings (SSSR count). The first-order valence-electron chi connectivity index (χ1n) is 7.75. The van der Waals surface area contributed by atoms with Crippen LogP contribution < -0.4 is 5.32 Å². The number of methoxy groups -OCH3 is 1. The molecule has 1 atom stereocenters. The van der Waals surface area contributed by atoms with E-state index < -0.39 is 0 Å². The highest BCUT2D eigenvalue weighted by Gasteiger charge is 2.35. The zero-order valence-electron chi connectivity index (χ0n) is 13.5. The van der Waals surface area contributed by atoms with Crippen molar-refractivity contribution >= 4 is 27.5 Å². The van der Waals surface area contributed by atoms with Crippen molar-refractivity contribution in [2.75, 3.05) is 13.7 Å². The summed E-state index contributed by atoms with van der Waals surface area (Å²) in [6, 6.07) is 6.36. The summed E-state index contributed by atoms with van der Waals surface area (Å²) in [4.78, 5) is 0. The van der Waals surface area contributed by atoms with Crippen molar-refractivity contribution < 1.29 is 4.74 Å². The fourth-order valence-corrected chi connectivity index (χ4v) is 3.59. The zero-order valence-corrected chi connectivity index (χ0v) is 15.9. The summed E-state index contributed by atoms with van der Waals surface area (Å²) >= 11 is 9.85. The van der Waals surface area contributed by atoms with Gasteiger partial charge in [0.1, 0.15) is 0 Å². The third-order valence-electron chi connectivity index (χ3n) is 4.32. The Morgan fingerprint density at radius 1 is 1.29 bits per heavy atom. The molecule has 120 valence electrons. The van der Waals surface area contributed by atoms with Gasteiger partial charge in [0.15, 0.2) is 0 Å². The zero-order chi connectivity index (χ0) is 15.9. The highest BCUT2D eigenvalue weighted by molar-refractivity contribution is 9.10. The summed E-state index contributed by atoms with van der Waals surface area (Å²) < 4.78 is 6.93. The van der Waals surface area contributed by atoms with Crippen molar-refractivity contribution in [2.24, 2.45) is 0 Å². The summed E-state index contributed by atoms with van der Waals surface area (Å²) in [7, 11) is 1.82. The van der Waals surface area contributed by atoms with E-state index in [2.05, 4.69) is 48.1 Å². The molecule has 21 heavy (non-hydrogen) atoms. The van der Waals surface area contributed by atoms with E-state index in [1.165, 1.54) is 0 Å². The van der Waals surface area contributed by atoms with Crippen LogP contribution in [0.4, 0.5) is 0 Å². The lowest BCUT2D eigenvalue weighted by Gasteiger charge is -2.39. The third kappa shape index (κ3) is 4.95. The maximum atomic E-state index is 6.39. The molecule has 0 saturated carbocycles. The number of nitrogens with one attached hydrogen (secondary N) is 1. The van der Waals surface area contributed by atoms with Crippen molar-refractivity contribution in [2.45, 2.75) is 58.1 Å². The van der Waals surface area contributed by atoms with Crippen LogP contribution in [-0.2, 0) is 11.2 Å². The van der Waals surface area contributed by atoms with Crippen molar-refractivity contribution in [3.8, 4) is 0 Å². The standard InChI is InChI=1S/C17H27BrClNO/c1-5-10-20-16(17(6-2,7-3)21-4)11-13-8-9-14(18)12-15(13)19/h8-9,12,16,20H,5-7,10-11H2,1-4H3. The van der Waals surface area contributed by atoms with Crippen LogP contribution in [0.15, 0.2) is 22.7 Å². The molecule has 1 unspecified atom stereocenters. The molecule has 0 bridgehead atoms. The van der Waals surface area contributed by atoms with E-state index in [1.54, 1.807) is 0 Å². The summed E-state index contributed by atoms with van der Waals surface area (Å²) in [6.07, 6.45) is 3.95. The molecule has 0 aliphatic heterocycles. The molecule has 0 aliphatic carbocycles. The average Bonchev–Trinajstić information content (AvgIpc) is 2.49. The molecule has 0 aliphatic rings. The van der Waals surface area contributed by atoms with Gasteiger partial charge in [0.25, 0.3) is 0 Å². The lowest BCUT2D eigenvalue weighted by Crippen LogP contribution is -2.53. The van der Waals surface area contributed by atoms with Crippen molar-refractivity contribution in [1.82, 2.24) is 5.32 Å². The van der Waals surface area contributed by atoms with Gasteiger partial charge < -0.3 is 10.1 Å². The number of halogens is 2. The smallest absolute Gasteiger partial charge is 0.0828 e. The molecule has 0 spiro atoms. The van der Waals surface area contributed by atoms with Crippen LogP contribution in [0.3, 0.4) is 0 Å². The van der Waals surface area contributed by atoms with Crippen LogP contribution in [0.1, 0.15) is 45.6 Å². The molecule has 4 heteroatoms. The molecule has 2 nitrogen and oxygen atoms in total. The Balaban J connectivity index is 3.01. The molecule has 1 N–H and O–H groups in total. The van der Waals surface area contributed by atoms with E-state index >= 15 is 0 Å². The minimum atomic E-state index is -0.147. The second-order valence-corrected chi connectivity index (χ2v) is 6.75. The van der Waals surface area contributed by atoms with Crippen LogP contribution in [0.5, 0.6) is 0 Å². The minimum absolute atomic E-state index is 0.147. The highest BCUT2D eigenvalue weighted by atomic mass is 79.9. The second kappa shape index (κ2) is 9.14. The number of hydrogen-bond donors (Lipinski definition) is 1. The Bertz CT molecular complexity index is 427. The normalized spacial score (nSPS) is 13.4. The molecule has 0 radical (unpaired) electrons. The first-order valence-corrected chi connectivity index (χ1v) is 8.92. The number of hydrogen-bond acceptors (Lipinski definition) is 2. The molecule has 0 aromatic heterocycles. The molecule has 1 aromatic rings. The average molecular weight is 377 g/mol. The Morgan fingerprint density at radius 2 is 1.95 bits per heavy atom. The fraction of sp³-hybridized carbons (Fsp3) is 0.647. The van der Waals surface area contributed by atoms with Gasteiger partial charge in [-0.2, -0.15) is 0 Å². The summed E-state index contributed by atoms with van der Waals surface area (Å²) in [6.45, 7) is 7.56. The maximum Gasteiger partial charge on any atom is 0.0828 e. The van der Waals surface area contributed by atoms with E-state index in [1.807, 2.05) is 19.2 Å². The number of ether oxygens (including phenoxy) is 1. The van der Waals surface area contributed by atoms with Gasteiger partial charge in [-0.25, -0.2) is 0 Å². The van der Waals surface area contributed by atoms with Gasteiger partial charge in [0.05, 0.1) is 5.60 Å². The Morgan fingerprint density at radius 3 is 2.43 bits per heavy atom. The van der Waals surface area contributed by atoms with Gasteiger partial charge in [-0.3, -0.25) is 0 Å². The van der Waals surface area contributed by atoms with E-state index in [0.717, 1.165) is 47.3 Å². The minimum Gasteiger partial charge on any atom is -0.377 e. The molecule has 0 saturated heterocycles. The quantitative estimate of drug-likeness (QED) is 0.638. The number of benzene rings is 1. The van der Waals surface area contributed by atoms with Gasteiger partial charge in [-0.1, -0.05) is 54.4 Å². The molecular formula is C17H27BrClNO. The summed E-state index contributed by atoms with van der Waals surface area (Å²) in [5, 5.41) is 4.47. The second-order valence-electron chi connectivity index (χ2n) is 5.42. The monoisotopic (exact) mass is 375 g/mol. The SMILES string of the molecule is CCCNC(Cc1ccc(Br)cc1Cl)C(CC)(CC)OC. The van der Waals surface area contributed by atoms with E-state index in [9.17, 15) is 0 Å². The molecular weight excluding hydrogens is 350 g/mol. The molecule has 0 fully saturated rings. The van der Waals surface area contributed by atoms with Gasteiger partial charge >= 0.3 is 0 Å². The highest BCUT2D eigenvalue weighted by Crippen LogP contribution is 2.29. The number of rotatable bonds is 9. The first kappa shape index (κ1) is 19.0. The summed E-state index contributed by atoms with van der Waals surface area (Å²) in [5.41, 5.74) is 1.02. The predicted octanol–water partition coefficient (Wildman–Crippen LogP) is 5.22.